The maximum atomic E-state index is 11.9. The molecule has 6 heteroatoms. The van der Waals surface area contributed by atoms with Crippen LogP contribution >= 0.6 is 11.8 Å². The third-order valence-corrected chi connectivity index (χ3v) is 4.38. The summed E-state index contributed by atoms with van der Waals surface area (Å²) in [6.45, 7) is 1.53. The first-order valence-corrected chi connectivity index (χ1v) is 7.20. The van der Waals surface area contributed by atoms with Crippen LogP contribution in [0.3, 0.4) is 0 Å². The highest BCUT2D eigenvalue weighted by atomic mass is 32.2. The van der Waals surface area contributed by atoms with E-state index in [4.69, 9.17) is 5.11 Å². The Morgan fingerprint density at radius 1 is 1.24 bits per heavy atom. The van der Waals surface area contributed by atoms with Crippen LogP contribution in [0.2, 0.25) is 0 Å². The smallest absolute Gasteiger partial charge is 0.317 e. The van der Waals surface area contributed by atoms with Crippen molar-refractivity contribution in [3.8, 4) is 0 Å². The first-order valence-electron chi connectivity index (χ1n) is 6.04. The van der Waals surface area contributed by atoms with Crippen molar-refractivity contribution in [1.82, 2.24) is 10.2 Å². The monoisotopic (exact) mass is 258 g/mol. The van der Waals surface area contributed by atoms with Crippen LogP contribution in [-0.4, -0.2) is 52.6 Å². The van der Waals surface area contributed by atoms with Crippen LogP contribution in [0.5, 0.6) is 0 Å². The zero-order valence-electron chi connectivity index (χ0n) is 9.72. The molecule has 0 spiro atoms. The molecule has 0 aromatic carbocycles. The van der Waals surface area contributed by atoms with Gasteiger partial charge < -0.3 is 15.3 Å². The highest BCUT2D eigenvalue weighted by molar-refractivity contribution is 7.99. The summed E-state index contributed by atoms with van der Waals surface area (Å²) in [6.07, 6.45) is 2.35. The van der Waals surface area contributed by atoms with E-state index in [0.29, 0.717) is 6.42 Å². The second-order valence-electron chi connectivity index (χ2n) is 4.53. The second kappa shape index (κ2) is 5.62. The molecule has 1 aliphatic carbocycles. The highest BCUT2D eigenvalue weighted by Crippen LogP contribution is 2.26. The van der Waals surface area contributed by atoms with E-state index in [1.54, 1.807) is 4.90 Å². The Labute approximate surface area is 105 Å². The second-order valence-corrected chi connectivity index (χ2v) is 5.76. The van der Waals surface area contributed by atoms with Crippen LogP contribution in [0.1, 0.15) is 19.3 Å². The van der Waals surface area contributed by atoms with E-state index in [0.717, 1.165) is 37.4 Å². The molecule has 0 radical (unpaired) electrons. The van der Waals surface area contributed by atoms with Crippen molar-refractivity contribution < 1.29 is 14.7 Å². The quantitative estimate of drug-likeness (QED) is 0.775. The number of carbonyl (C=O) groups excluding carboxylic acids is 1. The lowest BCUT2D eigenvalue weighted by molar-refractivity contribution is -0.142. The SMILES string of the molecule is O=C(O)C1CCCC1NC(=O)N1CCSCC1. The van der Waals surface area contributed by atoms with E-state index in [2.05, 4.69) is 5.32 Å². The van der Waals surface area contributed by atoms with Gasteiger partial charge in [0, 0.05) is 30.6 Å². The Bertz CT molecular complexity index is 305. The summed E-state index contributed by atoms with van der Waals surface area (Å²) in [5.74, 6) is 0.751. The van der Waals surface area contributed by atoms with Gasteiger partial charge in [-0.05, 0) is 12.8 Å². The molecular weight excluding hydrogens is 240 g/mol. The van der Waals surface area contributed by atoms with Crippen LogP contribution in [0.4, 0.5) is 4.79 Å². The molecule has 1 saturated heterocycles. The molecule has 2 atom stereocenters. The minimum Gasteiger partial charge on any atom is -0.481 e. The van der Waals surface area contributed by atoms with Gasteiger partial charge >= 0.3 is 12.0 Å². The number of carboxylic acids is 1. The first-order chi connectivity index (χ1) is 8.18. The van der Waals surface area contributed by atoms with Crippen LogP contribution in [-0.2, 0) is 4.79 Å². The van der Waals surface area contributed by atoms with Crippen molar-refractivity contribution in [2.75, 3.05) is 24.6 Å². The minimum atomic E-state index is -0.790. The number of hydrogen-bond donors (Lipinski definition) is 2. The van der Waals surface area contributed by atoms with Gasteiger partial charge in [0.1, 0.15) is 0 Å². The zero-order chi connectivity index (χ0) is 12.3. The summed E-state index contributed by atoms with van der Waals surface area (Å²) in [7, 11) is 0. The van der Waals surface area contributed by atoms with Gasteiger partial charge in [-0.15, -0.1) is 0 Å². The summed E-state index contributed by atoms with van der Waals surface area (Å²) < 4.78 is 0. The minimum absolute atomic E-state index is 0.0940. The number of aliphatic carboxylic acids is 1. The van der Waals surface area contributed by atoms with E-state index in [-0.39, 0.29) is 12.1 Å². The first kappa shape index (κ1) is 12.5. The van der Waals surface area contributed by atoms with Crippen molar-refractivity contribution in [3.63, 3.8) is 0 Å². The third-order valence-electron chi connectivity index (χ3n) is 3.44. The van der Waals surface area contributed by atoms with Gasteiger partial charge in [-0.2, -0.15) is 11.8 Å². The molecule has 2 rings (SSSR count). The maximum Gasteiger partial charge on any atom is 0.317 e. The van der Waals surface area contributed by atoms with E-state index < -0.39 is 11.9 Å². The lowest BCUT2D eigenvalue weighted by atomic mass is 10.0. The van der Waals surface area contributed by atoms with Gasteiger partial charge in [0.05, 0.1) is 5.92 Å². The molecule has 1 heterocycles. The summed E-state index contributed by atoms with van der Waals surface area (Å²) in [5.41, 5.74) is 0. The average molecular weight is 258 g/mol. The fourth-order valence-electron chi connectivity index (χ4n) is 2.44. The molecule has 96 valence electrons. The van der Waals surface area contributed by atoms with E-state index in [9.17, 15) is 9.59 Å². The molecule has 5 nitrogen and oxygen atoms in total. The van der Waals surface area contributed by atoms with Crippen LogP contribution < -0.4 is 5.32 Å². The van der Waals surface area contributed by atoms with Crippen molar-refractivity contribution in [2.45, 2.75) is 25.3 Å². The Morgan fingerprint density at radius 2 is 1.94 bits per heavy atom. The molecular formula is C11H18N2O3S. The number of nitrogens with one attached hydrogen (secondary N) is 1. The lowest BCUT2D eigenvalue weighted by Gasteiger charge is -2.29. The van der Waals surface area contributed by atoms with Crippen molar-refractivity contribution in [1.29, 1.82) is 0 Å². The lowest BCUT2D eigenvalue weighted by Crippen LogP contribution is -2.49. The maximum absolute atomic E-state index is 11.9. The van der Waals surface area contributed by atoms with Gasteiger partial charge in [0.15, 0.2) is 0 Å². The topological polar surface area (TPSA) is 69.6 Å². The Kier molecular flexibility index (Phi) is 4.15. The summed E-state index contributed by atoms with van der Waals surface area (Å²) >= 11 is 1.85. The fraction of sp³-hybridized carbons (Fsp3) is 0.818. The highest BCUT2D eigenvalue weighted by Gasteiger charge is 2.34. The average Bonchev–Trinajstić information content (AvgIpc) is 2.78. The predicted octanol–water partition coefficient (Wildman–Crippen LogP) is 0.998. The largest absolute Gasteiger partial charge is 0.481 e. The molecule has 2 fully saturated rings. The predicted molar refractivity (Wildman–Crippen MR) is 66.2 cm³/mol. The number of hydrogen-bond acceptors (Lipinski definition) is 3. The Morgan fingerprint density at radius 3 is 2.59 bits per heavy atom. The van der Waals surface area contributed by atoms with E-state index in [1.807, 2.05) is 11.8 Å². The molecule has 0 aromatic rings. The fourth-order valence-corrected chi connectivity index (χ4v) is 3.35. The number of thioether (sulfide) groups is 1. The molecule has 2 amide bonds. The molecule has 2 unspecified atom stereocenters. The number of urea groups is 1. The molecule has 1 saturated carbocycles. The van der Waals surface area contributed by atoms with Crippen molar-refractivity contribution >= 4 is 23.8 Å². The Balaban J connectivity index is 1.86. The molecule has 17 heavy (non-hydrogen) atoms. The van der Waals surface area contributed by atoms with Gasteiger partial charge in [-0.25, -0.2) is 4.79 Å². The molecule has 2 N–H and O–H groups in total. The van der Waals surface area contributed by atoms with Crippen molar-refractivity contribution in [2.24, 2.45) is 5.92 Å². The van der Waals surface area contributed by atoms with E-state index >= 15 is 0 Å². The summed E-state index contributed by atoms with van der Waals surface area (Å²) in [5, 5.41) is 11.9. The van der Waals surface area contributed by atoms with Crippen molar-refractivity contribution in [3.05, 3.63) is 0 Å². The third kappa shape index (κ3) is 3.06. The van der Waals surface area contributed by atoms with Gasteiger partial charge in [-0.3, -0.25) is 4.79 Å². The zero-order valence-corrected chi connectivity index (χ0v) is 10.5. The Hall–Kier alpha value is -0.910. The van der Waals surface area contributed by atoms with Crippen LogP contribution in [0.25, 0.3) is 0 Å². The standard InChI is InChI=1S/C11H18N2O3S/c14-10(15)8-2-1-3-9(8)12-11(16)13-4-6-17-7-5-13/h8-9H,1-7H2,(H,12,16)(H,14,15). The van der Waals surface area contributed by atoms with Crippen LogP contribution in [0.15, 0.2) is 0 Å². The molecule has 2 aliphatic rings. The number of carbonyl (C=O) groups is 2. The molecule has 0 aromatic heterocycles. The van der Waals surface area contributed by atoms with Crippen LogP contribution in [0, 0.1) is 5.92 Å². The molecule has 1 aliphatic heterocycles. The normalized spacial score (nSPS) is 29.1. The van der Waals surface area contributed by atoms with E-state index in [1.165, 1.54) is 0 Å². The van der Waals surface area contributed by atoms with Gasteiger partial charge in [0.2, 0.25) is 0 Å². The van der Waals surface area contributed by atoms with Gasteiger partial charge in [-0.1, -0.05) is 6.42 Å². The number of carboxylic acid groups (broad SMARTS) is 1. The number of amides is 2. The summed E-state index contributed by atoms with van der Waals surface area (Å²) in [6, 6.07) is -0.280. The number of nitrogens with zero attached hydrogens (tertiary/aromatic N) is 1. The summed E-state index contributed by atoms with van der Waals surface area (Å²) in [4.78, 5) is 24.7. The molecule has 0 bridgehead atoms. The number of rotatable bonds is 2. The van der Waals surface area contributed by atoms with Gasteiger partial charge in [0.25, 0.3) is 0 Å².